The van der Waals surface area contributed by atoms with Gasteiger partial charge in [0.2, 0.25) is 5.91 Å². The van der Waals surface area contributed by atoms with Crippen molar-refractivity contribution in [2.24, 2.45) is 5.92 Å². The highest BCUT2D eigenvalue weighted by atomic mass is 32.1. The van der Waals surface area contributed by atoms with Crippen LogP contribution in [0.2, 0.25) is 0 Å². The highest BCUT2D eigenvalue weighted by Crippen LogP contribution is 2.27. The van der Waals surface area contributed by atoms with Crippen molar-refractivity contribution in [3.05, 3.63) is 71.0 Å². The zero-order chi connectivity index (χ0) is 21.5. The number of amides is 1. The van der Waals surface area contributed by atoms with E-state index in [1.54, 1.807) is 0 Å². The average molecular weight is 426 g/mol. The van der Waals surface area contributed by atoms with Gasteiger partial charge in [0.25, 0.3) is 0 Å². The molecule has 0 fully saturated rings. The second kappa shape index (κ2) is 10.2. The molecule has 1 N–H and O–H groups in total. The number of methoxy groups -OCH3 is 1. The molecule has 0 aliphatic heterocycles. The summed E-state index contributed by atoms with van der Waals surface area (Å²) in [6.45, 7) is 4.18. The lowest BCUT2D eigenvalue weighted by Gasteiger charge is -2.19. The molecule has 158 valence electrons. The first-order chi connectivity index (χ1) is 14.5. The minimum atomic E-state index is -0.487. The summed E-state index contributed by atoms with van der Waals surface area (Å²) < 4.78 is 6.80. The summed E-state index contributed by atoms with van der Waals surface area (Å²) in [6, 6.07) is 13.5. The van der Waals surface area contributed by atoms with E-state index in [1.807, 2.05) is 47.3 Å². The molecule has 0 aliphatic carbocycles. The zero-order valence-corrected chi connectivity index (χ0v) is 18.3. The number of anilines is 1. The maximum atomic E-state index is 13.0. The van der Waals surface area contributed by atoms with Gasteiger partial charge in [0.1, 0.15) is 6.04 Å². The Morgan fingerprint density at radius 1 is 1.10 bits per heavy atom. The van der Waals surface area contributed by atoms with Crippen LogP contribution >= 0.6 is 11.3 Å². The number of aromatic nitrogens is 2. The maximum Gasteiger partial charge on any atom is 0.357 e. The van der Waals surface area contributed by atoms with E-state index in [2.05, 4.69) is 36.3 Å². The third-order valence-electron chi connectivity index (χ3n) is 4.77. The number of carbonyl (C=O) groups is 2. The first-order valence-electron chi connectivity index (χ1n) is 10.0. The van der Waals surface area contributed by atoms with Gasteiger partial charge in [-0.05, 0) is 42.9 Å². The van der Waals surface area contributed by atoms with Gasteiger partial charge in [-0.25, -0.2) is 9.78 Å². The van der Waals surface area contributed by atoms with Crippen LogP contribution in [-0.4, -0.2) is 28.5 Å². The molecule has 7 heteroatoms. The summed E-state index contributed by atoms with van der Waals surface area (Å²) in [5, 5.41) is 3.33. The largest absolute Gasteiger partial charge is 0.464 e. The summed E-state index contributed by atoms with van der Waals surface area (Å²) in [4.78, 5) is 30.4. The number of hydrogen-bond acceptors (Lipinski definition) is 5. The molecule has 3 aromatic rings. The Balaban J connectivity index is 1.78. The third kappa shape index (κ3) is 5.57. The van der Waals surface area contributed by atoms with Crippen LogP contribution in [0.3, 0.4) is 0 Å². The molecule has 0 aliphatic rings. The van der Waals surface area contributed by atoms with Crippen molar-refractivity contribution in [2.45, 2.75) is 39.2 Å². The minimum Gasteiger partial charge on any atom is -0.464 e. The predicted molar refractivity (Wildman–Crippen MR) is 119 cm³/mol. The molecule has 2 aromatic heterocycles. The topological polar surface area (TPSA) is 73.2 Å². The van der Waals surface area contributed by atoms with Gasteiger partial charge in [-0.1, -0.05) is 44.2 Å². The number of hydrogen-bond donors (Lipinski definition) is 1. The van der Waals surface area contributed by atoms with Crippen molar-refractivity contribution in [1.82, 2.24) is 9.55 Å². The summed E-state index contributed by atoms with van der Waals surface area (Å²) in [6.07, 6.45) is 5.91. The summed E-state index contributed by atoms with van der Waals surface area (Å²) in [7, 11) is 1.34. The van der Waals surface area contributed by atoms with E-state index < -0.39 is 5.97 Å². The molecular weight excluding hydrogens is 398 g/mol. The second-order valence-corrected chi connectivity index (χ2v) is 8.62. The van der Waals surface area contributed by atoms with Gasteiger partial charge in [-0.2, -0.15) is 0 Å². The molecule has 3 rings (SSSR count). The first kappa shape index (κ1) is 21.8. The van der Waals surface area contributed by atoms with Gasteiger partial charge in [-0.15, -0.1) is 11.3 Å². The number of carbonyl (C=O) groups excluding carboxylic acids is 2. The number of thiazole rings is 1. The highest BCUT2D eigenvalue weighted by molar-refractivity contribution is 7.16. The number of nitrogens with one attached hydrogen (secondary N) is 1. The fourth-order valence-corrected chi connectivity index (χ4v) is 4.24. The van der Waals surface area contributed by atoms with E-state index in [0.717, 1.165) is 11.3 Å². The molecule has 6 nitrogen and oxygen atoms in total. The summed E-state index contributed by atoms with van der Waals surface area (Å²) in [5.41, 5.74) is 1.45. The van der Waals surface area contributed by atoms with Crippen molar-refractivity contribution in [3.63, 3.8) is 0 Å². The van der Waals surface area contributed by atoms with Gasteiger partial charge < -0.3 is 14.6 Å². The quantitative estimate of drug-likeness (QED) is 0.503. The average Bonchev–Trinajstić information content (AvgIpc) is 3.40. The SMILES string of the molecule is COC(=O)c1nc(NC(=O)C(CC(C)C)n2cccc2)sc1CCc1ccccc1. The van der Waals surface area contributed by atoms with Crippen LogP contribution < -0.4 is 5.32 Å². The fraction of sp³-hybridized carbons (Fsp3) is 0.348. The monoisotopic (exact) mass is 425 g/mol. The van der Waals surface area contributed by atoms with Crippen LogP contribution in [0.15, 0.2) is 54.9 Å². The van der Waals surface area contributed by atoms with Crippen molar-refractivity contribution in [1.29, 1.82) is 0 Å². The number of nitrogens with zero attached hydrogens (tertiary/aromatic N) is 2. The number of ether oxygens (including phenoxy) is 1. The number of rotatable bonds is 9. The Morgan fingerprint density at radius 3 is 2.43 bits per heavy atom. The molecule has 1 atom stereocenters. The highest BCUT2D eigenvalue weighted by Gasteiger charge is 2.24. The maximum absolute atomic E-state index is 13.0. The van der Waals surface area contributed by atoms with Crippen LogP contribution in [0.5, 0.6) is 0 Å². The van der Waals surface area contributed by atoms with Crippen molar-refractivity contribution in [2.75, 3.05) is 12.4 Å². The van der Waals surface area contributed by atoms with Crippen LogP contribution in [0, 0.1) is 5.92 Å². The fourth-order valence-electron chi connectivity index (χ4n) is 3.29. The van der Waals surface area contributed by atoms with Crippen molar-refractivity contribution < 1.29 is 14.3 Å². The third-order valence-corrected chi connectivity index (χ3v) is 5.81. The Morgan fingerprint density at radius 2 is 1.80 bits per heavy atom. The molecule has 2 heterocycles. The molecule has 0 bridgehead atoms. The predicted octanol–water partition coefficient (Wildman–Crippen LogP) is 4.74. The molecule has 0 radical (unpaired) electrons. The minimum absolute atomic E-state index is 0.139. The Bertz CT molecular complexity index is 965. The molecule has 0 saturated carbocycles. The Kier molecular flexibility index (Phi) is 7.41. The van der Waals surface area contributed by atoms with E-state index in [9.17, 15) is 9.59 Å². The van der Waals surface area contributed by atoms with Crippen LogP contribution in [0.1, 0.15) is 47.2 Å². The van der Waals surface area contributed by atoms with Gasteiger partial charge in [-0.3, -0.25) is 4.79 Å². The van der Waals surface area contributed by atoms with Crippen molar-refractivity contribution >= 4 is 28.3 Å². The number of benzene rings is 1. The zero-order valence-electron chi connectivity index (χ0n) is 17.5. The smallest absolute Gasteiger partial charge is 0.357 e. The normalized spacial score (nSPS) is 12.0. The van der Waals surface area contributed by atoms with Gasteiger partial charge in [0, 0.05) is 17.3 Å². The summed E-state index contributed by atoms with van der Waals surface area (Å²) in [5.74, 6) is -0.273. The number of esters is 1. The van der Waals surface area contributed by atoms with E-state index in [0.29, 0.717) is 23.9 Å². The van der Waals surface area contributed by atoms with E-state index in [1.165, 1.54) is 24.0 Å². The standard InChI is InChI=1S/C23H27N3O3S/c1-16(2)15-18(26-13-7-8-14-26)21(27)25-23-24-20(22(28)29-3)19(30-23)12-11-17-9-5-4-6-10-17/h4-10,13-14,16,18H,11-12,15H2,1-3H3,(H,24,25,27). The molecule has 1 amide bonds. The lowest BCUT2D eigenvalue weighted by molar-refractivity contribution is -0.119. The van der Waals surface area contributed by atoms with E-state index in [-0.39, 0.29) is 17.6 Å². The van der Waals surface area contributed by atoms with Crippen LogP contribution in [-0.2, 0) is 22.4 Å². The second-order valence-electron chi connectivity index (χ2n) is 7.53. The van der Waals surface area contributed by atoms with E-state index in [4.69, 9.17) is 4.74 Å². The van der Waals surface area contributed by atoms with Crippen LogP contribution in [0.25, 0.3) is 0 Å². The molecule has 0 saturated heterocycles. The summed E-state index contributed by atoms with van der Waals surface area (Å²) >= 11 is 1.33. The Hall–Kier alpha value is -2.93. The lowest BCUT2D eigenvalue weighted by atomic mass is 10.0. The molecular formula is C23H27N3O3S. The van der Waals surface area contributed by atoms with Crippen LogP contribution in [0.4, 0.5) is 5.13 Å². The first-order valence-corrected chi connectivity index (χ1v) is 10.8. The Labute approximate surface area is 180 Å². The number of aryl methyl sites for hydroxylation is 2. The molecule has 1 aromatic carbocycles. The lowest BCUT2D eigenvalue weighted by Crippen LogP contribution is -2.26. The molecule has 0 spiro atoms. The van der Waals surface area contributed by atoms with Gasteiger partial charge in [0.05, 0.1) is 7.11 Å². The van der Waals surface area contributed by atoms with E-state index >= 15 is 0 Å². The molecule has 1 unspecified atom stereocenters. The van der Waals surface area contributed by atoms with Crippen molar-refractivity contribution in [3.8, 4) is 0 Å². The van der Waals surface area contributed by atoms with Gasteiger partial charge in [0.15, 0.2) is 10.8 Å². The van der Waals surface area contributed by atoms with Gasteiger partial charge >= 0.3 is 5.97 Å². The molecule has 30 heavy (non-hydrogen) atoms.